The molecule has 0 saturated carbocycles. The number of carbonyl (C=O) groups excluding carboxylic acids is 2. The SMILES string of the molecule is CNC(=O)c1cc(-c2cccnc2[C@H](Cc2cc(F)cc(F)c2)NC(=O)Cn2nc(C(F)(F)F)c3c2CS(=O)(=O)C3)ccc1F. The van der Waals surface area contributed by atoms with Gasteiger partial charge in [0, 0.05) is 30.4 Å². The predicted octanol–water partition coefficient (Wildman–Crippen LogP) is 4.27. The Morgan fingerprint density at radius 2 is 1.73 bits per heavy atom. The number of carbonyl (C=O) groups is 2. The Morgan fingerprint density at radius 3 is 2.40 bits per heavy atom. The molecule has 0 unspecified atom stereocenters. The number of rotatable bonds is 8. The molecule has 2 amide bonds. The van der Waals surface area contributed by atoms with Crippen molar-refractivity contribution in [1.82, 2.24) is 25.4 Å². The Morgan fingerprint density at radius 1 is 1.02 bits per heavy atom. The average molecular weight is 652 g/mol. The van der Waals surface area contributed by atoms with E-state index in [1.54, 1.807) is 6.07 Å². The van der Waals surface area contributed by atoms with Crippen LogP contribution in [0.4, 0.5) is 26.3 Å². The number of benzene rings is 2. The van der Waals surface area contributed by atoms with Crippen LogP contribution in [0.5, 0.6) is 0 Å². The van der Waals surface area contributed by atoms with Gasteiger partial charge in [0.15, 0.2) is 15.5 Å². The van der Waals surface area contributed by atoms with E-state index in [-0.39, 0.29) is 28.9 Å². The van der Waals surface area contributed by atoms with Gasteiger partial charge < -0.3 is 10.6 Å². The first-order chi connectivity index (χ1) is 21.1. The number of pyridine rings is 1. The van der Waals surface area contributed by atoms with E-state index >= 15 is 0 Å². The van der Waals surface area contributed by atoms with Gasteiger partial charge >= 0.3 is 6.18 Å². The number of hydrogen-bond donors (Lipinski definition) is 2. The highest BCUT2D eigenvalue weighted by molar-refractivity contribution is 7.90. The number of aromatic nitrogens is 3. The Labute approximate surface area is 252 Å². The Balaban J connectivity index is 1.54. The molecule has 2 N–H and O–H groups in total. The van der Waals surface area contributed by atoms with Gasteiger partial charge in [-0.2, -0.15) is 18.3 Å². The van der Waals surface area contributed by atoms with Gasteiger partial charge in [0.25, 0.3) is 5.91 Å². The lowest BCUT2D eigenvalue weighted by Gasteiger charge is -2.22. The molecule has 2 aromatic heterocycles. The molecule has 0 spiro atoms. The first-order valence-electron chi connectivity index (χ1n) is 13.2. The van der Waals surface area contributed by atoms with Crippen molar-refractivity contribution in [2.75, 3.05) is 7.05 Å². The van der Waals surface area contributed by atoms with Crippen molar-refractivity contribution in [2.24, 2.45) is 0 Å². The number of hydrogen-bond acceptors (Lipinski definition) is 6. The minimum Gasteiger partial charge on any atom is -0.355 e. The maximum Gasteiger partial charge on any atom is 0.435 e. The van der Waals surface area contributed by atoms with Crippen LogP contribution in [0.3, 0.4) is 0 Å². The maximum absolute atomic E-state index is 14.4. The lowest BCUT2D eigenvalue weighted by molar-refractivity contribution is -0.142. The van der Waals surface area contributed by atoms with Crippen LogP contribution >= 0.6 is 0 Å². The summed E-state index contributed by atoms with van der Waals surface area (Å²) in [4.78, 5) is 29.9. The molecule has 9 nitrogen and oxygen atoms in total. The van der Waals surface area contributed by atoms with Crippen LogP contribution in [-0.2, 0) is 45.3 Å². The summed E-state index contributed by atoms with van der Waals surface area (Å²) in [5, 5.41) is 8.42. The number of sulfone groups is 1. The third-order valence-electron chi connectivity index (χ3n) is 7.06. The number of amides is 2. The van der Waals surface area contributed by atoms with Crippen molar-refractivity contribution >= 4 is 21.7 Å². The van der Waals surface area contributed by atoms with Crippen molar-refractivity contribution in [3.8, 4) is 11.1 Å². The van der Waals surface area contributed by atoms with Crippen molar-refractivity contribution in [3.05, 3.63) is 106 Å². The van der Waals surface area contributed by atoms with Crippen LogP contribution in [0.2, 0.25) is 0 Å². The highest BCUT2D eigenvalue weighted by Gasteiger charge is 2.44. The molecule has 3 heterocycles. The van der Waals surface area contributed by atoms with Crippen LogP contribution in [-0.4, -0.2) is 42.0 Å². The number of fused-ring (bicyclic) bond motifs is 1. The maximum atomic E-state index is 14.4. The zero-order valence-electron chi connectivity index (χ0n) is 23.3. The van der Waals surface area contributed by atoms with Gasteiger partial charge in [0.05, 0.1) is 34.5 Å². The molecule has 1 aliphatic heterocycles. The van der Waals surface area contributed by atoms with Crippen molar-refractivity contribution in [1.29, 1.82) is 0 Å². The van der Waals surface area contributed by atoms with Gasteiger partial charge in [-0.05, 0) is 47.9 Å². The van der Waals surface area contributed by atoms with E-state index in [0.29, 0.717) is 21.9 Å². The van der Waals surface area contributed by atoms with Crippen LogP contribution < -0.4 is 10.6 Å². The van der Waals surface area contributed by atoms with Gasteiger partial charge in [0.1, 0.15) is 24.0 Å². The zero-order chi connectivity index (χ0) is 32.7. The topological polar surface area (TPSA) is 123 Å². The van der Waals surface area contributed by atoms with Gasteiger partial charge in [0.2, 0.25) is 5.91 Å². The molecule has 1 aliphatic rings. The molecule has 0 aliphatic carbocycles. The number of alkyl halides is 3. The number of halogens is 6. The second-order valence-corrected chi connectivity index (χ2v) is 12.3. The van der Waals surface area contributed by atoms with Crippen LogP contribution in [0.1, 0.15) is 44.6 Å². The van der Waals surface area contributed by atoms with E-state index in [1.165, 1.54) is 31.4 Å². The third kappa shape index (κ3) is 6.84. The first kappa shape index (κ1) is 31.7. The zero-order valence-corrected chi connectivity index (χ0v) is 24.1. The standard InChI is InChI=1S/C29H23F6N5O4S/c1-36-28(42)20-10-16(4-5-22(20)32)19-3-2-6-37-26(19)23(9-15-7-17(30)11-18(31)8-15)38-25(41)12-40-24-14-45(43,44)13-21(24)27(39-40)29(33,34)35/h2-8,10-11,23H,9,12-14H2,1H3,(H,36,42)(H,38,41)/t23-/m0/s1. The molecule has 1 atom stereocenters. The first-order valence-corrected chi connectivity index (χ1v) is 15.0. The van der Waals surface area contributed by atoms with Crippen LogP contribution in [0.15, 0.2) is 54.7 Å². The molecular weight excluding hydrogens is 628 g/mol. The quantitative estimate of drug-likeness (QED) is 0.275. The molecular formula is C29H23F6N5O4S. The van der Waals surface area contributed by atoms with Gasteiger partial charge in [-0.3, -0.25) is 19.3 Å². The van der Waals surface area contributed by atoms with Crippen LogP contribution in [0.25, 0.3) is 11.1 Å². The summed E-state index contributed by atoms with van der Waals surface area (Å²) in [6.07, 6.45) is -3.87. The molecule has 4 aromatic rings. The third-order valence-corrected chi connectivity index (χ3v) is 8.51. The summed E-state index contributed by atoms with van der Waals surface area (Å²) in [7, 11) is -2.58. The summed E-state index contributed by atoms with van der Waals surface area (Å²) in [6, 6.07) is 8.25. The molecule has 16 heteroatoms. The average Bonchev–Trinajstić information content (AvgIpc) is 3.44. The fourth-order valence-corrected chi connectivity index (χ4v) is 6.77. The van der Waals surface area contributed by atoms with Crippen LogP contribution in [0, 0.1) is 17.5 Å². The minimum absolute atomic E-state index is 0.0880. The monoisotopic (exact) mass is 651 g/mol. The van der Waals surface area contributed by atoms with E-state index in [0.717, 1.165) is 18.2 Å². The van der Waals surface area contributed by atoms with E-state index in [9.17, 15) is 44.3 Å². The normalized spacial score (nSPS) is 14.6. The highest BCUT2D eigenvalue weighted by Crippen LogP contribution is 2.38. The van der Waals surface area contributed by atoms with E-state index in [4.69, 9.17) is 0 Å². The molecule has 5 rings (SSSR count). The van der Waals surface area contributed by atoms with Gasteiger partial charge in [-0.1, -0.05) is 12.1 Å². The van der Waals surface area contributed by atoms with E-state index < -0.39 is 80.6 Å². The molecule has 0 bridgehead atoms. The molecule has 2 aromatic carbocycles. The van der Waals surface area contributed by atoms with Gasteiger partial charge in [-0.25, -0.2) is 21.6 Å². The molecule has 45 heavy (non-hydrogen) atoms. The largest absolute Gasteiger partial charge is 0.435 e. The summed E-state index contributed by atoms with van der Waals surface area (Å²) in [5.74, 6) is -5.87. The van der Waals surface area contributed by atoms with Crippen molar-refractivity contribution in [3.63, 3.8) is 0 Å². The van der Waals surface area contributed by atoms with Crippen molar-refractivity contribution < 1.29 is 44.3 Å². The predicted molar refractivity (Wildman–Crippen MR) is 148 cm³/mol. The molecule has 0 radical (unpaired) electrons. The summed E-state index contributed by atoms with van der Waals surface area (Å²) in [5.41, 5.74) is -1.69. The summed E-state index contributed by atoms with van der Waals surface area (Å²) >= 11 is 0. The number of nitrogens with zero attached hydrogens (tertiary/aromatic N) is 3. The Hall–Kier alpha value is -4.73. The van der Waals surface area contributed by atoms with Gasteiger partial charge in [-0.15, -0.1) is 0 Å². The summed E-state index contributed by atoms with van der Waals surface area (Å²) < 4.78 is 108. The Bertz CT molecular complexity index is 1910. The fraction of sp³-hybridized carbons (Fsp3) is 0.241. The molecule has 0 saturated heterocycles. The summed E-state index contributed by atoms with van der Waals surface area (Å²) in [6.45, 7) is -0.818. The van der Waals surface area contributed by atoms with E-state index in [2.05, 4.69) is 20.7 Å². The molecule has 0 fully saturated rings. The minimum atomic E-state index is -4.97. The lowest BCUT2D eigenvalue weighted by Crippen LogP contribution is -2.34. The highest BCUT2D eigenvalue weighted by atomic mass is 32.2. The second-order valence-electron chi connectivity index (χ2n) is 10.3. The van der Waals surface area contributed by atoms with Crippen molar-refractivity contribution in [2.45, 2.75) is 36.7 Å². The smallest absolute Gasteiger partial charge is 0.355 e. The molecule has 236 valence electrons. The van der Waals surface area contributed by atoms with E-state index in [1.807, 2.05) is 0 Å². The Kier molecular flexibility index (Phi) is 8.44. The fourth-order valence-electron chi connectivity index (χ4n) is 5.18. The lowest BCUT2D eigenvalue weighted by atomic mass is 9.94. The number of nitrogens with one attached hydrogen (secondary N) is 2. The second kappa shape index (κ2) is 12.0.